The fourth-order valence-corrected chi connectivity index (χ4v) is 3.29. The van der Waals surface area contributed by atoms with E-state index >= 15 is 0 Å². The number of rotatable bonds is 3. The van der Waals surface area contributed by atoms with Crippen molar-refractivity contribution in [3.63, 3.8) is 0 Å². The van der Waals surface area contributed by atoms with Crippen LogP contribution in [-0.4, -0.2) is 9.97 Å². The highest BCUT2D eigenvalue weighted by Gasteiger charge is 2.12. The number of hydrogen-bond acceptors (Lipinski definition) is 1. The molecule has 0 aliphatic carbocycles. The molecule has 0 atom stereocenters. The van der Waals surface area contributed by atoms with Gasteiger partial charge >= 0.3 is 0 Å². The van der Waals surface area contributed by atoms with Gasteiger partial charge in [-0.15, -0.1) is 0 Å². The topological polar surface area (TPSA) is 28.7 Å². The van der Waals surface area contributed by atoms with Crippen LogP contribution >= 0.6 is 50.7 Å². The van der Waals surface area contributed by atoms with Crippen LogP contribution in [0.4, 0.5) is 0 Å². The minimum Gasteiger partial charge on any atom is -0.345 e. The monoisotopic (exact) mass is 428 g/mol. The van der Waals surface area contributed by atoms with Crippen LogP contribution in [0.5, 0.6) is 0 Å². The predicted octanol–water partition coefficient (Wildman–Crippen LogP) is 6.70. The molecule has 0 spiro atoms. The maximum Gasteiger partial charge on any atom is 0.111 e. The molecule has 118 valence electrons. The zero-order valence-corrected chi connectivity index (χ0v) is 16.0. The molecule has 6 heteroatoms. The smallest absolute Gasteiger partial charge is 0.111 e. The normalized spacial score (nSPS) is 11.0. The molecule has 0 saturated heterocycles. The van der Waals surface area contributed by atoms with Gasteiger partial charge in [0.1, 0.15) is 5.82 Å². The Kier molecular flexibility index (Phi) is 5.02. The van der Waals surface area contributed by atoms with Crippen molar-refractivity contribution in [2.45, 2.75) is 13.3 Å². The molecule has 23 heavy (non-hydrogen) atoms. The second-order valence-corrected chi connectivity index (χ2v) is 7.19. The second kappa shape index (κ2) is 6.86. The van der Waals surface area contributed by atoms with Gasteiger partial charge in [0.25, 0.3) is 0 Å². The predicted molar refractivity (Wildman–Crippen MR) is 101 cm³/mol. The molecular weight excluding hydrogens is 418 g/mol. The van der Waals surface area contributed by atoms with Crippen molar-refractivity contribution in [1.29, 1.82) is 0 Å². The first-order valence-corrected chi connectivity index (χ1v) is 8.82. The minimum atomic E-state index is 0.519. The summed E-state index contributed by atoms with van der Waals surface area (Å²) in [7, 11) is 0. The Balaban J connectivity index is 1.94. The number of aromatic amines is 1. The quantitative estimate of drug-likeness (QED) is 0.492. The highest BCUT2D eigenvalue weighted by atomic mass is 79.9. The number of imidazole rings is 1. The van der Waals surface area contributed by atoms with Crippen LogP contribution in [0.3, 0.4) is 0 Å². The zero-order chi connectivity index (χ0) is 16.6. The van der Waals surface area contributed by atoms with Crippen molar-refractivity contribution in [3.8, 4) is 11.3 Å². The van der Waals surface area contributed by atoms with Gasteiger partial charge in [-0.3, -0.25) is 0 Å². The van der Waals surface area contributed by atoms with Gasteiger partial charge in [-0.05, 0) is 46.6 Å². The lowest BCUT2D eigenvalue weighted by Gasteiger charge is -2.03. The summed E-state index contributed by atoms with van der Waals surface area (Å²) in [6, 6.07) is 11.3. The van der Waals surface area contributed by atoms with Crippen molar-refractivity contribution >= 4 is 50.7 Å². The van der Waals surface area contributed by atoms with E-state index in [1.54, 1.807) is 6.07 Å². The van der Waals surface area contributed by atoms with Gasteiger partial charge in [0, 0.05) is 22.2 Å². The van der Waals surface area contributed by atoms with E-state index in [-0.39, 0.29) is 0 Å². The fraction of sp³-hybridized carbons (Fsp3) is 0.118. The number of hydrogen-bond donors (Lipinski definition) is 1. The highest BCUT2D eigenvalue weighted by molar-refractivity contribution is 9.10. The van der Waals surface area contributed by atoms with E-state index in [1.807, 2.05) is 37.3 Å². The number of aromatic nitrogens is 2. The van der Waals surface area contributed by atoms with Gasteiger partial charge in [-0.2, -0.15) is 0 Å². The van der Waals surface area contributed by atoms with Crippen molar-refractivity contribution in [1.82, 2.24) is 9.97 Å². The highest BCUT2D eigenvalue weighted by Crippen LogP contribution is 2.31. The molecule has 0 aliphatic rings. The van der Waals surface area contributed by atoms with Gasteiger partial charge in [-0.25, -0.2) is 4.98 Å². The largest absolute Gasteiger partial charge is 0.345 e. The van der Waals surface area contributed by atoms with Gasteiger partial charge in [-0.1, -0.05) is 53.0 Å². The number of nitrogens with one attached hydrogen (secondary N) is 1. The van der Waals surface area contributed by atoms with Crippen LogP contribution < -0.4 is 0 Å². The molecule has 0 amide bonds. The average molecular weight is 431 g/mol. The van der Waals surface area contributed by atoms with E-state index in [9.17, 15) is 0 Å². The van der Waals surface area contributed by atoms with Crippen molar-refractivity contribution in [2.75, 3.05) is 0 Å². The molecule has 0 unspecified atom stereocenters. The number of H-pyrrole nitrogens is 1. The van der Waals surface area contributed by atoms with E-state index in [2.05, 4.69) is 20.9 Å². The third-order valence-corrected chi connectivity index (χ3v) is 5.73. The zero-order valence-electron chi connectivity index (χ0n) is 12.1. The van der Waals surface area contributed by atoms with Gasteiger partial charge < -0.3 is 4.98 Å². The molecule has 1 heterocycles. The third kappa shape index (κ3) is 3.58. The first-order chi connectivity index (χ1) is 11.0. The maximum absolute atomic E-state index is 6.14. The van der Waals surface area contributed by atoms with Crippen LogP contribution in [-0.2, 0) is 6.42 Å². The molecule has 2 nitrogen and oxygen atoms in total. The maximum atomic E-state index is 6.14. The molecule has 0 bridgehead atoms. The van der Waals surface area contributed by atoms with Crippen LogP contribution in [0, 0.1) is 6.92 Å². The molecule has 1 N–H and O–H groups in total. The fourth-order valence-electron chi connectivity index (χ4n) is 2.40. The first kappa shape index (κ1) is 16.8. The molecular formula is C17H12BrCl3N2. The number of aryl methyl sites for hydroxylation is 1. The Hall–Kier alpha value is -1.000. The summed E-state index contributed by atoms with van der Waals surface area (Å²) in [5.41, 5.74) is 3.87. The second-order valence-electron chi connectivity index (χ2n) is 5.18. The SMILES string of the molecule is Cc1[nH]c(Cc2cccc(Cl)c2Br)nc1-c1ccc(Cl)c(Cl)c1. The molecule has 0 fully saturated rings. The third-order valence-electron chi connectivity index (χ3n) is 3.52. The van der Waals surface area contributed by atoms with Crippen molar-refractivity contribution in [3.05, 3.63) is 73.0 Å². The Morgan fingerprint density at radius 3 is 2.57 bits per heavy atom. The van der Waals surface area contributed by atoms with Crippen LogP contribution in [0.25, 0.3) is 11.3 Å². The molecule has 3 rings (SSSR count). The number of halogens is 4. The summed E-state index contributed by atoms with van der Waals surface area (Å²) in [5.74, 6) is 0.867. The minimum absolute atomic E-state index is 0.519. The lowest BCUT2D eigenvalue weighted by molar-refractivity contribution is 1.01. The van der Waals surface area contributed by atoms with Gasteiger partial charge in [0.15, 0.2) is 0 Å². The van der Waals surface area contributed by atoms with Gasteiger partial charge in [0.2, 0.25) is 0 Å². The summed E-state index contributed by atoms with van der Waals surface area (Å²) in [5, 5.41) is 1.74. The summed E-state index contributed by atoms with van der Waals surface area (Å²) in [4.78, 5) is 8.02. The van der Waals surface area contributed by atoms with E-state index in [0.717, 1.165) is 32.8 Å². The Bertz CT molecular complexity index is 874. The Labute approximate surface area is 157 Å². The lowest BCUT2D eigenvalue weighted by atomic mass is 10.1. The van der Waals surface area contributed by atoms with E-state index in [0.29, 0.717) is 21.5 Å². The molecule has 0 radical (unpaired) electrons. The van der Waals surface area contributed by atoms with E-state index in [1.165, 1.54) is 0 Å². The number of benzene rings is 2. The molecule has 1 aromatic heterocycles. The lowest BCUT2D eigenvalue weighted by Crippen LogP contribution is -1.92. The summed E-state index contributed by atoms with van der Waals surface area (Å²) < 4.78 is 0.895. The van der Waals surface area contributed by atoms with E-state index < -0.39 is 0 Å². The van der Waals surface area contributed by atoms with Crippen molar-refractivity contribution < 1.29 is 0 Å². The summed E-state index contributed by atoms with van der Waals surface area (Å²) >= 11 is 21.7. The average Bonchev–Trinajstić information content (AvgIpc) is 2.87. The van der Waals surface area contributed by atoms with Crippen LogP contribution in [0.15, 0.2) is 40.9 Å². The van der Waals surface area contributed by atoms with Crippen molar-refractivity contribution in [2.24, 2.45) is 0 Å². The Morgan fingerprint density at radius 1 is 1.04 bits per heavy atom. The standard InChI is InChI=1S/C17H12BrCl3N2/c1-9-17(11-5-6-12(19)14(21)7-11)23-15(22-9)8-10-3-2-4-13(20)16(10)18/h2-7H,8H2,1H3,(H,22,23). The number of nitrogens with zero attached hydrogens (tertiary/aromatic N) is 1. The van der Waals surface area contributed by atoms with Gasteiger partial charge in [0.05, 0.1) is 20.8 Å². The molecule has 0 aliphatic heterocycles. The first-order valence-electron chi connectivity index (χ1n) is 6.89. The van der Waals surface area contributed by atoms with E-state index in [4.69, 9.17) is 39.8 Å². The molecule has 3 aromatic rings. The molecule has 0 saturated carbocycles. The summed E-state index contributed by atoms with van der Waals surface area (Å²) in [6.45, 7) is 1.99. The summed E-state index contributed by atoms with van der Waals surface area (Å²) in [6.07, 6.45) is 0.656. The van der Waals surface area contributed by atoms with Crippen LogP contribution in [0.2, 0.25) is 15.1 Å². The Morgan fingerprint density at radius 2 is 1.83 bits per heavy atom. The van der Waals surface area contributed by atoms with Crippen LogP contribution in [0.1, 0.15) is 17.1 Å². The molecule has 2 aromatic carbocycles.